The molecule has 0 saturated heterocycles. The van der Waals surface area contributed by atoms with Crippen LogP contribution >= 0.6 is 11.3 Å². The highest BCUT2D eigenvalue weighted by Gasteiger charge is 2.12. The SMILES string of the molecule is CC(C)n1nccc1NC(=O)COC(=O)CCCc1nc2ccccc2s1. The van der Waals surface area contributed by atoms with Crippen LogP contribution in [-0.2, 0) is 20.7 Å². The molecule has 1 aromatic carbocycles. The first kappa shape index (κ1) is 19.0. The van der Waals surface area contributed by atoms with E-state index in [4.69, 9.17) is 4.74 Å². The Bertz CT molecular complexity index is 899. The third-order valence-corrected chi connectivity index (χ3v) is 5.00. The van der Waals surface area contributed by atoms with E-state index in [0.717, 1.165) is 15.2 Å². The topological polar surface area (TPSA) is 86.1 Å². The number of amides is 1. The summed E-state index contributed by atoms with van der Waals surface area (Å²) in [5.74, 6) is -0.178. The van der Waals surface area contributed by atoms with Crippen LogP contribution in [0.4, 0.5) is 5.82 Å². The number of hydrogen-bond donors (Lipinski definition) is 1. The minimum atomic E-state index is -0.386. The fourth-order valence-corrected chi connectivity index (χ4v) is 3.64. The maximum Gasteiger partial charge on any atom is 0.306 e. The van der Waals surface area contributed by atoms with Crippen molar-refractivity contribution in [1.82, 2.24) is 14.8 Å². The number of thiazole rings is 1. The quantitative estimate of drug-likeness (QED) is 0.598. The number of nitrogens with one attached hydrogen (secondary N) is 1. The average Bonchev–Trinajstić information content (AvgIpc) is 3.26. The largest absolute Gasteiger partial charge is 0.456 e. The molecule has 3 aromatic rings. The molecule has 0 radical (unpaired) electrons. The predicted molar refractivity (Wildman–Crippen MR) is 105 cm³/mol. The highest BCUT2D eigenvalue weighted by Crippen LogP contribution is 2.22. The molecule has 7 nitrogen and oxygen atoms in total. The lowest BCUT2D eigenvalue weighted by Gasteiger charge is -2.11. The third-order valence-electron chi connectivity index (χ3n) is 3.90. The van der Waals surface area contributed by atoms with Gasteiger partial charge in [0.15, 0.2) is 6.61 Å². The van der Waals surface area contributed by atoms with E-state index in [-0.39, 0.29) is 30.9 Å². The maximum absolute atomic E-state index is 11.9. The van der Waals surface area contributed by atoms with Crippen LogP contribution in [0.2, 0.25) is 0 Å². The maximum atomic E-state index is 11.9. The summed E-state index contributed by atoms with van der Waals surface area (Å²) >= 11 is 1.64. The number of benzene rings is 1. The lowest BCUT2D eigenvalue weighted by atomic mass is 10.2. The number of carbonyl (C=O) groups excluding carboxylic acids is 2. The first-order valence-electron chi connectivity index (χ1n) is 8.86. The van der Waals surface area contributed by atoms with Gasteiger partial charge >= 0.3 is 5.97 Å². The van der Waals surface area contributed by atoms with Gasteiger partial charge in [0.2, 0.25) is 0 Å². The second kappa shape index (κ2) is 8.77. The highest BCUT2D eigenvalue weighted by molar-refractivity contribution is 7.18. The van der Waals surface area contributed by atoms with Crippen LogP contribution in [0.1, 0.15) is 37.7 Å². The fraction of sp³-hybridized carbons (Fsp3) is 0.368. The molecule has 0 aliphatic heterocycles. The summed E-state index contributed by atoms with van der Waals surface area (Å²) in [6.07, 6.45) is 3.23. The third kappa shape index (κ3) is 5.13. The van der Waals surface area contributed by atoms with Gasteiger partial charge in [-0.2, -0.15) is 5.10 Å². The lowest BCUT2D eigenvalue weighted by Crippen LogP contribution is -2.23. The van der Waals surface area contributed by atoms with Crippen LogP contribution in [0.15, 0.2) is 36.5 Å². The molecular weight excluding hydrogens is 364 g/mol. The number of anilines is 1. The normalized spacial score (nSPS) is 11.1. The zero-order valence-corrected chi connectivity index (χ0v) is 16.2. The number of nitrogens with zero attached hydrogens (tertiary/aromatic N) is 3. The Balaban J connectivity index is 1.39. The summed E-state index contributed by atoms with van der Waals surface area (Å²) < 4.78 is 7.89. The van der Waals surface area contributed by atoms with Gasteiger partial charge in [-0.15, -0.1) is 11.3 Å². The molecule has 2 aromatic heterocycles. The molecule has 1 amide bonds. The van der Waals surface area contributed by atoms with Gasteiger partial charge in [-0.1, -0.05) is 12.1 Å². The minimum Gasteiger partial charge on any atom is -0.456 e. The molecular formula is C19H22N4O3S. The van der Waals surface area contributed by atoms with Crippen LogP contribution in [0.3, 0.4) is 0 Å². The summed E-state index contributed by atoms with van der Waals surface area (Å²) in [4.78, 5) is 28.3. The van der Waals surface area contributed by atoms with E-state index in [1.54, 1.807) is 28.3 Å². The van der Waals surface area contributed by atoms with Gasteiger partial charge in [-0.25, -0.2) is 9.67 Å². The molecule has 0 unspecified atom stereocenters. The summed E-state index contributed by atoms with van der Waals surface area (Å²) in [6, 6.07) is 9.79. The van der Waals surface area contributed by atoms with Crippen LogP contribution in [-0.4, -0.2) is 33.2 Å². The van der Waals surface area contributed by atoms with Crippen molar-refractivity contribution in [3.05, 3.63) is 41.5 Å². The average molecular weight is 386 g/mol. The summed E-state index contributed by atoms with van der Waals surface area (Å²) in [6.45, 7) is 3.63. The van der Waals surface area contributed by atoms with Crippen molar-refractivity contribution in [3.63, 3.8) is 0 Å². The number of aryl methyl sites for hydroxylation is 1. The number of ether oxygens (including phenoxy) is 1. The first-order chi connectivity index (χ1) is 13.0. The van der Waals surface area contributed by atoms with Gasteiger partial charge < -0.3 is 10.1 Å². The van der Waals surface area contributed by atoms with Gasteiger partial charge in [0.05, 0.1) is 21.4 Å². The lowest BCUT2D eigenvalue weighted by molar-refractivity contribution is -0.147. The molecule has 142 valence electrons. The highest BCUT2D eigenvalue weighted by atomic mass is 32.1. The van der Waals surface area contributed by atoms with Crippen LogP contribution in [0.5, 0.6) is 0 Å². The van der Waals surface area contributed by atoms with Crippen molar-refractivity contribution >= 4 is 39.2 Å². The van der Waals surface area contributed by atoms with Gasteiger partial charge in [-0.3, -0.25) is 9.59 Å². The summed E-state index contributed by atoms with van der Waals surface area (Å²) in [7, 11) is 0. The van der Waals surface area contributed by atoms with E-state index in [9.17, 15) is 9.59 Å². The van der Waals surface area contributed by atoms with Crippen LogP contribution in [0, 0.1) is 0 Å². The number of fused-ring (bicyclic) bond motifs is 1. The number of aromatic nitrogens is 3. The van der Waals surface area contributed by atoms with Crippen LogP contribution in [0.25, 0.3) is 10.2 Å². The smallest absolute Gasteiger partial charge is 0.306 e. The number of esters is 1. The molecule has 0 aliphatic carbocycles. The van der Waals surface area contributed by atoms with Crippen molar-refractivity contribution < 1.29 is 14.3 Å². The van der Waals surface area contributed by atoms with Crippen LogP contribution < -0.4 is 5.32 Å². The molecule has 0 fully saturated rings. The molecule has 0 atom stereocenters. The molecule has 0 spiro atoms. The Morgan fingerprint density at radius 2 is 2.07 bits per heavy atom. The van der Waals surface area contributed by atoms with Crippen molar-refractivity contribution in [2.45, 2.75) is 39.2 Å². The number of hydrogen-bond acceptors (Lipinski definition) is 6. The number of carbonyl (C=O) groups is 2. The Morgan fingerprint density at radius 3 is 2.85 bits per heavy atom. The van der Waals surface area contributed by atoms with Crippen molar-refractivity contribution in [3.8, 4) is 0 Å². The van der Waals surface area contributed by atoms with E-state index in [0.29, 0.717) is 18.7 Å². The monoisotopic (exact) mass is 386 g/mol. The zero-order chi connectivity index (χ0) is 19.2. The zero-order valence-electron chi connectivity index (χ0n) is 15.3. The van der Waals surface area contributed by atoms with Crippen molar-refractivity contribution in [2.75, 3.05) is 11.9 Å². The van der Waals surface area contributed by atoms with Gasteiger partial charge in [0.25, 0.3) is 5.91 Å². The van der Waals surface area contributed by atoms with E-state index in [2.05, 4.69) is 15.4 Å². The van der Waals surface area contributed by atoms with E-state index < -0.39 is 0 Å². The number of rotatable bonds is 8. The van der Waals surface area contributed by atoms with Crippen molar-refractivity contribution in [2.24, 2.45) is 0 Å². The second-order valence-electron chi connectivity index (χ2n) is 6.39. The van der Waals surface area contributed by atoms with Gasteiger partial charge in [0.1, 0.15) is 5.82 Å². The summed E-state index contributed by atoms with van der Waals surface area (Å²) in [5.41, 5.74) is 0.984. The predicted octanol–water partition coefficient (Wildman–Crippen LogP) is 3.58. The van der Waals surface area contributed by atoms with Gasteiger partial charge in [0, 0.05) is 18.5 Å². The fourth-order valence-electron chi connectivity index (χ4n) is 2.63. The Hall–Kier alpha value is -2.74. The standard InChI is InChI=1S/C19H22N4O3S/c1-13(2)23-16(10-11-20-23)22-17(24)12-26-19(25)9-5-8-18-21-14-6-3-4-7-15(14)27-18/h3-4,6-7,10-11,13H,5,8-9,12H2,1-2H3,(H,22,24). The first-order valence-corrected chi connectivity index (χ1v) is 9.68. The van der Waals surface area contributed by atoms with Gasteiger partial charge in [-0.05, 0) is 38.8 Å². The van der Waals surface area contributed by atoms with E-state index >= 15 is 0 Å². The Labute approximate surface area is 161 Å². The Morgan fingerprint density at radius 1 is 1.26 bits per heavy atom. The molecule has 2 heterocycles. The van der Waals surface area contributed by atoms with Crippen molar-refractivity contribution in [1.29, 1.82) is 0 Å². The number of para-hydroxylation sites is 1. The molecule has 8 heteroatoms. The molecule has 3 rings (SSSR count). The molecule has 0 saturated carbocycles. The molecule has 0 aliphatic rings. The second-order valence-corrected chi connectivity index (χ2v) is 7.51. The minimum absolute atomic E-state index is 0.125. The van der Waals surface area contributed by atoms with E-state index in [1.165, 1.54) is 0 Å². The molecule has 0 bridgehead atoms. The summed E-state index contributed by atoms with van der Waals surface area (Å²) in [5, 5.41) is 7.84. The molecule has 1 N–H and O–H groups in total. The van der Waals surface area contributed by atoms with E-state index in [1.807, 2.05) is 38.1 Å². The molecule has 27 heavy (non-hydrogen) atoms. The Kier molecular flexibility index (Phi) is 6.18.